The van der Waals surface area contributed by atoms with Gasteiger partial charge in [-0.25, -0.2) is 0 Å². The number of amides is 1. The van der Waals surface area contributed by atoms with Crippen molar-refractivity contribution in [2.45, 2.75) is 45.3 Å². The second kappa shape index (κ2) is 5.72. The fraction of sp³-hybridized carbons (Fsp3) is 0.778. The molecule has 1 N–H and O–H groups in total. The molecular formula is C9H14F3NO2. The van der Waals surface area contributed by atoms with Gasteiger partial charge in [-0.2, -0.15) is 13.2 Å². The molecule has 0 aromatic carbocycles. The van der Waals surface area contributed by atoms with Crippen molar-refractivity contribution in [3.63, 3.8) is 0 Å². The molecule has 0 aromatic heterocycles. The van der Waals surface area contributed by atoms with Gasteiger partial charge in [-0.1, -0.05) is 19.8 Å². The number of Topliss-reactive ketones (excluding diaryl/α,β-unsaturated/α-hetero) is 1. The van der Waals surface area contributed by atoms with Gasteiger partial charge in [-0.15, -0.1) is 0 Å². The Bertz CT molecular complexity index is 238. The molecular weight excluding hydrogens is 211 g/mol. The Kier molecular flexibility index (Phi) is 5.32. The minimum Gasteiger partial charge on any atom is -0.338 e. The number of hydrogen-bond donors (Lipinski definition) is 1. The second-order valence-corrected chi connectivity index (χ2v) is 3.28. The summed E-state index contributed by atoms with van der Waals surface area (Å²) in [6.07, 6.45) is -3.33. The van der Waals surface area contributed by atoms with Crippen LogP contribution in [0.5, 0.6) is 0 Å². The van der Waals surface area contributed by atoms with E-state index < -0.39 is 23.9 Å². The monoisotopic (exact) mass is 225 g/mol. The minimum absolute atomic E-state index is 0.244. The third kappa shape index (κ3) is 5.39. The number of carbonyl (C=O) groups excluding carboxylic acids is 2. The van der Waals surface area contributed by atoms with E-state index in [-0.39, 0.29) is 6.42 Å². The van der Waals surface area contributed by atoms with Crippen LogP contribution >= 0.6 is 0 Å². The Morgan fingerprint density at radius 3 is 2.20 bits per heavy atom. The molecule has 0 bridgehead atoms. The molecule has 0 aromatic rings. The highest BCUT2D eigenvalue weighted by Crippen LogP contribution is 2.15. The third-order valence-electron chi connectivity index (χ3n) is 1.90. The zero-order chi connectivity index (χ0) is 12.1. The first-order chi connectivity index (χ1) is 6.79. The molecule has 0 saturated carbocycles. The maximum atomic E-state index is 11.9. The number of alkyl halides is 3. The Hall–Kier alpha value is -1.07. The van der Waals surface area contributed by atoms with Crippen molar-refractivity contribution >= 4 is 11.7 Å². The Balaban J connectivity index is 4.29. The van der Waals surface area contributed by atoms with Crippen LogP contribution in [-0.2, 0) is 9.59 Å². The van der Waals surface area contributed by atoms with Crippen molar-refractivity contribution in [1.82, 2.24) is 5.32 Å². The lowest BCUT2D eigenvalue weighted by Gasteiger charge is -2.16. The zero-order valence-corrected chi connectivity index (χ0v) is 8.65. The summed E-state index contributed by atoms with van der Waals surface area (Å²) >= 11 is 0. The molecule has 88 valence electrons. The fourth-order valence-electron chi connectivity index (χ4n) is 1.03. The lowest BCUT2D eigenvalue weighted by Crippen LogP contribution is -2.46. The molecule has 1 unspecified atom stereocenters. The van der Waals surface area contributed by atoms with E-state index in [4.69, 9.17) is 0 Å². The van der Waals surface area contributed by atoms with Gasteiger partial charge in [0.2, 0.25) is 0 Å². The van der Waals surface area contributed by atoms with Gasteiger partial charge >= 0.3 is 12.1 Å². The number of ketones is 1. The molecule has 1 atom stereocenters. The molecule has 0 aliphatic heterocycles. The summed E-state index contributed by atoms with van der Waals surface area (Å²) in [5, 5.41) is 1.68. The van der Waals surface area contributed by atoms with Crippen molar-refractivity contribution < 1.29 is 22.8 Å². The zero-order valence-electron chi connectivity index (χ0n) is 8.65. The molecule has 3 nitrogen and oxygen atoms in total. The summed E-state index contributed by atoms with van der Waals surface area (Å²) in [5.74, 6) is -2.51. The van der Waals surface area contributed by atoms with Gasteiger partial charge in [0.15, 0.2) is 5.78 Å². The topological polar surface area (TPSA) is 46.2 Å². The van der Waals surface area contributed by atoms with E-state index in [0.717, 1.165) is 13.3 Å². The van der Waals surface area contributed by atoms with Crippen LogP contribution < -0.4 is 5.32 Å². The van der Waals surface area contributed by atoms with Gasteiger partial charge in [0, 0.05) is 0 Å². The van der Waals surface area contributed by atoms with Gasteiger partial charge in [-0.05, 0) is 13.3 Å². The van der Waals surface area contributed by atoms with Gasteiger partial charge in [0.1, 0.15) is 0 Å². The maximum absolute atomic E-state index is 11.9. The van der Waals surface area contributed by atoms with Crippen LogP contribution in [-0.4, -0.2) is 23.9 Å². The maximum Gasteiger partial charge on any atom is 0.471 e. The predicted octanol–water partition coefficient (Wildman–Crippen LogP) is 1.81. The van der Waals surface area contributed by atoms with Gasteiger partial charge < -0.3 is 5.32 Å². The van der Waals surface area contributed by atoms with E-state index in [9.17, 15) is 22.8 Å². The standard InChI is InChI=1S/C9H14F3NO2/c1-3-4-5-7(6(2)14)13-8(15)9(10,11)12/h7H,3-5H2,1-2H3,(H,13,15). The Labute approximate surface area is 86.0 Å². The highest BCUT2D eigenvalue weighted by molar-refractivity contribution is 5.89. The molecule has 0 radical (unpaired) electrons. The summed E-state index contributed by atoms with van der Waals surface area (Å²) in [7, 11) is 0. The van der Waals surface area contributed by atoms with Crippen LogP contribution in [0.4, 0.5) is 13.2 Å². The highest BCUT2D eigenvalue weighted by atomic mass is 19.4. The summed E-state index contributed by atoms with van der Waals surface area (Å²) in [5.41, 5.74) is 0. The van der Waals surface area contributed by atoms with Crippen LogP contribution in [0.2, 0.25) is 0 Å². The average Bonchev–Trinajstić information content (AvgIpc) is 2.09. The predicted molar refractivity (Wildman–Crippen MR) is 48.2 cm³/mol. The smallest absolute Gasteiger partial charge is 0.338 e. The molecule has 0 aliphatic rings. The van der Waals surface area contributed by atoms with E-state index in [1.807, 2.05) is 6.92 Å². The average molecular weight is 225 g/mol. The van der Waals surface area contributed by atoms with Gasteiger partial charge in [-0.3, -0.25) is 9.59 Å². The molecule has 0 rings (SSSR count). The first-order valence-electron chi connectivity index (χ1n) is 4.67. The van der Waals surface area contributed by atoms with Gasteiger partial charge in [0.05, 0.1) is 6.04 Å². The summed E-state index contributed by atoms with van der Waals surface area (Å²) in [6, 6.07) is -1.03. The largest absolute Gasteiger partial charge is 0.471 e. The van der Waals surface area contributed by atoms with Crippen molar-refractivity contribution in [2.24, 2.45) is 0 Å². The molecule has 0 spiro atoms. The first-order valence-corrected chi connectivity index (χ1v) is 4.67. The molecule has 15 heavy (non-hydrogen) atoms. The highest BCUT2D eigenvalue weighted by Gasteiger charge is 2.40. The van der Waals surface area contributed by atoms with Gasteiger partial charge in [0.25, 0.3) is 0 Å². The summed E-state index contributed by atoms with van der Waals surface area (Å²) in [6.45, 7) is 3.01. The lowest BCUT2D eigenvalue weighted by molar-refractivity contribution is -0.174. The van der Waals surface area contributed by atoms with Crippen LogP contribution in [0.1, 0.15) is 33.1 Å². The first kappa shape index (κ1) is 13.9. The number of nitrogens with one attached hydrogen (secondary N) is 1. The van der Waals surface area contributed by atoms with Crippen molar-refractivity contribution in [2.75, 3.05) is 0 Å². The number of hydrogen-bond acceptors (Lipinski definition) is 2. The minimum atomic E-state index is -4.93. The van der Waals surface area contributed by atoms with Crippen LogP contribution in [0.3, 0.4) is 0 Å². The van der Waals surface area contributed by atoms with Crippen LogP contribution in [0, 0.1) is 0 Å². The van der Waals surface area contributed by atoms with E-state index in [1.54, 1.807) is 5.32 Å². The number of halogens is 3. The third-order valence-corrected chi connectivity index (χ3v) is 1.90. The van der Waals surface area contributed by atoms with Crippen LogP contribution in [0.15, 0.2) is 0 Å². The number of carbonyl (C=O) groups is 2. The van der Waals surface area contributed by atoms with E-state index in [2.05, 4.69) is 0 Å². The SMILES string of the molecule is CCCCC(NC(=O)C(F)(F)F)C(C)=O. The number of rotatable bonds is 5. The molecule has 0 fully saturated rings. The van der Waals surface area contributed by atoms with Crippen molar-refractivity contribution in [1.29, 1.82) is 0 Å². The molecule has 6 heteroatoms. The molecule has 0 aliphatic carbocycles. The van der Waals surface area contributed by atoms with Crippen LogP contribution in [0.25, 0.3) is 0 Å². The van der Waals surface area contributed by atoms with Crippen molar-refractivity contribution in [3.05, 3.63) is 0 Å². The van der Waals surface area contributed by atoms with E-state index in [1.165, 1.54) is 0 Å². The number of unbranched alkanes of at least 4 members (excludes halogenated alkanes) is 1. The lowest BCUT2D eigenvalue weighted by atomic mass is 10.1. The molecule has 0 saturated heterocycles. The Morgan fingerprint density at radius 2 is 1.87 bits per heavy atom. The van der Waals surface area contributed by atoms with E-state index >= 15 is 0 Å². The molecule has 1 amide bonds. The summed E-state index contributed by atoms with van der Waals surface area (Å²) < 4.78 is 35.6. The van der Waals surface area contributed by atoms with E-state index in [0.29, 0.717) is 6.42 Å². The fourth-order valence-corrected chi connectivity index (χ4v) is 1.03. The normalized spacial score (nSPS) is 13.4. The summed E-state index contributed by atoms with van der Waals surface area (Å²) in [4.78, 5) is 21.5. The Morgan fingerprint density at radius 1 is 1.33 bits per heavy atom. The second-order valence-electron chi connectivity index (χ2n) is 3.28. The van der Waals surface area contributed by atoms with Crippen molar-refractivity contribution in [3.8, 4) is 0 Å². The molecule has 0 heterocycles. The quantitative estimate of drug-likeness (QED) is 0.775.